The van der Waals surface area contributed by atoms with Crippen LogP contribution in [-0.4, -0.2) is 42.5 Å². The van der Waals surface area contributed by atoms with E-state index >= 15 is 0 Å². The van der Waals surface area contributed by atoms with Crippen molar-refractivity contribution in [1.29, 1.82) is 0 Å². The third-order valence-electron chi connectivity index (χ3n) is 4.25. The number of amides is 1. The van der Waals surface area contributed by atoms with Crippen LogP contribution in [0.3, 0.4) is 0 Å². The zero-order valence-electron chi connectivity index (χ0n) is 12.3. The quantitative estimate of drug-likeness (QED) is 0.784. The summed E-state index contributed by atoms with van der Waals surface area (Å²) in [6.45, 7) is 5.07. The third-order valence-corrected chi connectivity index (χ3v) is 4.25. The van der Waals surface area contributed by atoms with E-state index in [2.05, 4.69) is 17.1 Å². The predicted molar refractivity (Wildman–Crippen MR) is 87.7 cm³/mol. The highest BCUT2D eigenvalue weighted by molar-refractivity contribution is 5.85. The number of nitrogens with zero attached hydrogens (tertiary/aromatic N) is 1. The SMILES string of the molecule is CCN(CCNC(=O)C1CCCC(N)C1)C1CC1.Cl.Cl. The average Bonchev–Trinajstić information content (AvgIpc) is 3.18. The molecule has 4 nitrogen and oxygen atoms in total. The topological polar surface area (TPSA) is 58.4 Å². The van der Waals surface area contributed by atoms with Crippen molar-refractivity contribution < 1.29 is 4.79 Å². The Bertz CT molecular complexity index is 288. The smallest absolute Gasteiger partial charge is 0.223 e. The zero-order chi connectivity index (χ0) is 13.0. The molecule has 2 unspecified atom stereocenters. The van der Waals surface area contributed by atoms with Gasteiger partial charge in [-0.2, -0.15) is 0 Å². The first kappa shape index (κ1) is 20.0. The van der Waals surface area contributed by atoms with Crippen LogP contribution < -0.4 is 11.1 Å². The number of carbonyl (C=O) groups is 1. The molecule has 0 heterocycles. The molecular weight excluding hydrogens is 297 g/mol. The molecule has 0 spiro atoms. The van der Waals surface area contributed by atoms with E-state index in [1.165, 1.54) is 12.8 Å². The van der Waals surface area contributed by atoms with Gasteiger partial charge in [-0.3, -0.25) is 9.69 Å². The Morgan fingerprint density at radius 2 is 1.95 bits per heavy atom. The lowest BCUT2D eigenvalue weighted by Crippen LogP contribution is -2.41. The van der Waals surface area contributed by atoms with Crippen molar-refractivity contribution >= 4 is 30.7 Å². The maximum Gasteiger partial charge on any atom is 0.223 e. The fraction of sp³-hybridized carbons (Fsp3) is 0.929. The van der Waals surface area contributed by atoms with Gasteiger partial charge in [0.2, 0.25) is 5.91 Å². The Labute approximate surface area is 135 Å². The highest BCUT2D eigenvalue weighted by Crippen LogP contribution is 2.26. The minimum absolute atomic E-state index is 0. The molecule has 120 valence electrons. The van der Waals surface area contributed by atoms with E-state index in [0.717, 1.165) is 51.4 Å². The Morgan fingerprint density at radius 1 is 1.25 bits per heavy atom. The zero-order valence-corrected chi connectivity index (χ0v) is 14.0. The number of rotatable bonds is 6. The molecule has 0 aromatic rings. The summed E-state index contributed by atoms with van der Waals surface area (Å²) in [5, 5.41) is 3.08. The molecule has 2 fully saturated rings. The van der Waals surface area contributed by atoms with Crippen molar-refractivity contribution in [1.82, 2.24) is 10.2 Å². The summed E-state index contributed by atoms with van der Waals surface area (Å²) in [6.07, 6.45) is 6.72. The predicted octanol–water partition coefficient (Wildman–Crippen LogP) is 1.95. The van der Waals surface area contributed by atoms with E-state index in [1.54, 1.807) is 0 Å². The number of hydrogen-bond donors (Lipinski definition) is 2. The molecule has 0 aromatic carbocycles. The monoisotopic (exact) mass is 325 g/mol. The molecule has 0 bridgehead atoms. The first-order valence-electron chi connectivity index (χ1n) is 7.48. The van der Waals surface area contributed by atoms with Gasteiger partial charge in [0.25, 0.3) is 0 Å². The number of carbonyl (C=O) groups excluding carboxylic acids is 1. The second-order valence-corrected chi connectivity index (χ2v) is 5.77. The van der Waals surface area contributed by atoms with Gasteiger partial charge in [-0.05, 0) is 38.6 Å². The van der Waals surface area contributed by atoms with Gasteiger partial charge in [0.1, 0.15) is 0 Å². The van der Waals surface area contributed by atoms with Crippen molar-refractivity contribution in [2.75, 3.05) is 19.6 Å². The van der Waals surface area contributed by atoms with E-state index in [4.69, 9.17) is 5.73 Å². The number of halogens is 2. The largest absolute Gasteiger partial charge is 0.355 e. The fourth-order valence-electron chi connectivity index (χ4n) is 2.97. The van der Waals surface area contributed by atoms with E-state index in [1.807, 2.05) is 0 Å². The second-order valence-electron chi connectivity index (χ2n) is 5.77. The first-order valence-corrected chi connectivity index (χ1v) is 7.48. The molecule has 0 aliphatic heterocycles. The molecule has 2 aliphatic rings. The lowest BCUT2D eigenvalue weighted by atomic mass is 9.85. The summed E-state index contributed by atoms with van der Waals surface area (Å²) in [5.74, 6) is 0.377. The Hall–Kier alpha value is -0.0300. The molecule has 2 saturated carbocycles. The van der Waals surface area contributed by atoms with Gasteiger partial charge in [0.05, 0.1) is 0 Å². The summed E-state index contributed by atoms with van der Waals surface area (Å²) in [6, 6.07) is 1.02. The van der Waals surface area contributed by atoms with Gasteiger partial charge in [-0.25, -0.2) is 0 Å². The molecule has 20 heavy (non-hydrogen) atoms. The minimum atomic E-state index is 0. The van der Waals surface area contributed by atoms with Crippen molar-refractivity contribution in [3.8, 4) is 0 Å². The maximum atomic E-state index is 12.0. The van der Waals surface area contributed by atoms with E-state index in [-0.39, 0.29) is 42.7 Å². The number of nitrogens with two attached hydrogens (primary N) is 1. The van der Waals surface area contributed by atoms with E-state index < -0.39 is 0 Å². The van der Waals surface area contributed by atoms with Crippen molar-refractivity contribution in [3.63, 3.8) is 0 Å². The average molecular weight is 326 g/mol. The van der Waals surface area contributed by atoms with Gasteiger partial charge < -0.3 is 11.1 Å². The molecule has 2 aliphatic carbocycles. The summed E-state index contributed by atoms with van der Waals surface area (Å²) < 4.78 is 0. The van der Waals surface area contributed by atoms with Crippen molar-refractivity contribution in [3.05, 3.63) is 0 Å². The van der Waals surface area contributed by atoms with Crippen molar-refractivity contribution in [2.24, 2.45) is 11.7 Å². The van der Waals surface area contributed by atoms with Crippen LogP contribution in [0.2, 0.25) is 0 Å². The molecule has 6 heteroatoms. The standard InChI is InChI=1S/C14H27N3O.2ClH/c1-2-17(13-6-7-13)9-8-16-14(18)11-4-3-5-12(15)10-11;;/h11-13H,2-10,15H2,1H3,(H,16,18);2*1H. The fourth-order valence-corrected chi connectivity index (χ4v) is 2.97. The van der Waals surface area contributed by atoms with Crippen LogP contribution in [0.1, 0.15) is 45.4 Å². The second kappa shape index (κ2) is 9.82. The number of likely N-dealkylation sites (N-methyl/N-ethyl adjacent to an activating group) is 1. The summed E-state index contributed by atoms with van der Waals surface area (Å²) >= 11 is 0. The maximum absolute atomic E-state index is 12.0. The lowest BCUT2D eigenvalue weighted by molar-refractivity contribution is -0.126. The molecule has 3 N–H and O–H groups in total. The van der Waals surface area contributed by atoms with Gasteiger partial charge in [-0.1, -0.05) is 13.3 Å². The summed E-state index contributed by atoms with van der Waals surface area (Å²) in [4.78, 5) is 14.5. The first-order chi connectivity index (χ1) is 8.70. The van der Waals surface area contributed by atoms with Gasteiger partial charge in [-0.15, -0.1) is 24.8 Å². The minimum Gasteiger partial charge on any atom is -0.355 e. The molecule has 2 atom stereocenters. The Morgan fingerprint density at radius 3 is 2.50 bits per heavy atom. The molecule has 0 aromatic heterocycles. The Balaban J connectivity index is 0.00000180. The molecular formula is C14H29Cl2N3O. The molecule has 0 saturated heterocycles. The van der Waals surface area contributed by atoms with Crippen molar-refractivity contribution in [2.45, 2.75) is 57.5 Å². The van der Waals surface area contributed by atoms with Crippen LogP contribution in [0.25, 0.3) is 0 Å². The summed E-state index contributed by atoms with van der Waals surface area (Å²) in [5.41, 5.74) is 5.92. The third kappa shape index (κ3) is 6.17. The van der Waals surface area contributed by atoms with Gasteiger partial charge >= 0.3 is 0 Å². The van der Waals surface area contributed by atoms with Crippen LogP contribution >= 0.6 is 24.8 Å². The van der Waals surface area contributed by atoms with Crippen LogP contribution in [0.15, 0.2) is 0 Å². The lowest BCUT2D eigenvalue weighted by Gasteiger charge is -2.26. The highest BCUT2D eigenvalue weighted by atomic mass is 35.5. The molecule has 2 rings (SSSR count). The van der Waals surface area contributed by atoms with Gasteiger partial charge in [0, 0.05) is 31.1 Å². The highest BCUT2D eigenvalue weighted by Gasteiger charge is 2.28. The normalized spacial score (nSPS) is 25.6. The van der Waals surface area contributed by atoms with Crippen LogP contribution in [0.4, 0.5) is 0 Å². The van der Waals surface area contributed by atoms with Crippen LogP contribution in [0, 0.1) is 5.92 Å². The summed E-state index contributed by atoms with van der Waals surface area (Å²) in [7, 11) is 0. The van der Waals surface area contributed by atoms with Crippen LogP contribution in [0.5, 0.6) is 0 Å². The Kier molecular flexibility index (Phi) is 9.81. The molecule has 1 amide bonds. The number of nitrogens with one attached hydrogen (secondary N) is 1. The van der Waals surface area contributed by atoms with E-state index in [9.17, 15) is 4.79 Å². The van der Waals surface area contributed by atoms with Crippen LogP contribution in [-0.2, 0) is 4.79 Å². The van der Waals surface area contributed by atoms with Gasteiger partial charge in [0.15, 0.2) is 0 Å². The number of hydrogen-bond acceptors (Lipinski definition) is 3. The van der Waals surface area contributed by atoms with E-state index in [0.29, 0.717) is 0 Å². The molecule has 0 radical (unpaired) electrons.